The molecule has 0 radical (unpaired) electrons. The van der Waals surface area contributed by atoms with Crippen molar-refractivity contribution in [1.82, 2.24) is 0 Å². The lowest BCUT2D eigenvalue weighted by Crippen LogP contribution is -2.72. The molecule has 1 N–H and O–H groups in total. The second kappa shape index (κ2) is 9.84. The van der Waals surface area contributed by atoms with Crippen molar-refractivity contribution in [3.8, 4) is 17.2 Å². The van der Waals surface area contributed by atoms with Gasteiger partial charge in [-0.3, -0.25) is 9.59 Å². The summed E-state index contributed by atoms with van der Waals surface area (Å²) in [6.07, 6.45) is 8.88. The molecule has 0 aromatic heterocycles. The Bertz CT molecular complexity index is 1790. The first kappa shape index (κ1) is 31.8. The van der Waals surface area contributed by atoms with Gasteiger partial charge in [0.1, 0.15) is 28.4 Å². The Kier molecular flexibility index (Phi) is 6.52. The lowest BCUT2D eigenvalue weighted by atomic mass is 9.51. The molecule has 8 aliphatic rings. The Labute approximate surface area is 281 Å². The molecule has 4 aliphatic carbocycles. The third-order valence-corrected chi connectivity index (χ3v) is 12.7. The number of carbonyl (C=O) groups excluding carboxylic acids is 3. The lowest BCUT2D eigenvalue weighted by Gasteiger charge is -2.56. The molecule has 1 aromatic rings. The molecule has 2 saturated heterocycles. The maximum atomic E-state index is 15.1. The summed E-state index contributed by atoms with van der Waals surface area (Å²) in [4.78, 5) is 42.0. The number of Topliss-reactive ketones (excluding diaryl/α,β-unsaturated/α-hetero) is 2. The number of ketones is 2. The van der Waals surface area contributed by atoms with Gasteiger partial charge < -0.3 is 28.8 Å². The van der Waals surface area contributed by atoms with Crippen molar-refractivity contribution in [1.29, 1.82) is 0 Å². The molecule has 48 heavy (non-hydrogen) atoms. The van der Waals surface area contributed by atoms with Gasteiger partial charge in [-0.15, -0.1) is 0 Å². The molecule has 4 aliphatic heterocycles. The fourth-order valence-corrected chi connectivity index (χ4v) is 10.3. The summed E-state index contributed by atoms with van der Waals surface area (Å²) < 4.78 is 32.0. The Morgan fingerprint density at radius 3 is 2.48 bits per heavy atom. The van der Waals surface area contributed by atoms with Gasteiger partial charge in [-0.1, -0.05) is 23.8 Å². The maximum absolute atomic E-state index is 15.1. The van der Waals surface area contributed by atoms with E-state index in [4.69, 9.17) is 23.7 Å². The topological polar surface area (TPSA) is 121 Å². The Morgan fingerprint density at radius 1 is 1.08 bits per heavy atom. The number of epoxide rings is 1. The first-order valence-electron chi connectivity index (χ1n) is 17.4. The van der Waals surface area contributed by atoms with Gasteiger partial charge in [-0.05, 0) is 86.5 Å². The van der Waals surface area contributed by atoms with E-state index in [2.05, 4.69) is 19.9 Å². The van der Waals surface area contributed by atoms with Crippen LogP contribution in [0.15, 0.2) is 34.9 Å². The van der Waals surface area contributed by atoms with Gasteiger partial charge in [0, 0.05) is 46.4 Å². The quantitative estimate of drug-likeness (QED) is 0.164. The molecule has 4 fully saturated rings. The predicted octanol–water partition coefficient (Wildman–Crippen LogP) is 6.24. The molecule has 1 aromatic carbocycles. The first-order chi connectivity index (χ1) is 22.5. The number of phenolic OH excluding ortho intramolecular Hbond substituents is 1. The molecule has 3 unspecified atom stereocenters. The molecule has 256 valence electrons. The maximum Gasteiger partial charge on any atom is 0.333 e. The van der Waals surface area contributed by atoms with Crippen molar-refractivity contribution >= 4 is 17.5 Å². The Morgan fingerprint density at radius 2 is 1.81 bits per heavy atom. The van der Waals surface area contributed by atoms with Gasteiger partial charge in [0.15, 0.2) is 22.8 Å². The van der Waals surface area contributed by atoms with E-state index >= 15 is 4.79 Å². The lowest BCUT2D eigenvalue weighted by molar-refractivity contribution is -0.171. The molecule has 4 heterocycles. The van der Waals surface area contributed by atoms with Crippen molar-refractivity contribution < 1.29 is 43.2 Å². The van der Waals surface area contributed by atoms with E-state index in [0.29, 0.717) is 47.5 Å². The summed E-state index contributed by atoms with van der Waals surface area (Å²) in [5.41, 5.74) is -1.32. The molecule has 0 amide bonds. The Hall–Kier alpha value is -3.43. The number of hydrogen-bond donors (Lipinski definition) is 1. The highest BCUT2D eigenvalue weighted by molar-refractivity contribution is 6.18. The highest BCUT2D eigenvalue weighted by Gasteiger charge is 2.81. The van der Waals surface area contributed by atoms with E-state index in [1.165, 1.54) is 7.11 Å². The normalized spacial score (nSPS) is 39.3. The first-order valence-corrected chi connectivity index (χ1v) is 17.4. The van der Waals surface area contributed by atoms with E-state index in [9.17, 15) is 14.7 Å². The number of rotatable bonds is 6. The number of ether oxygens (including phenoxy) is 5. The Balaban J connectivity index is 1.38. The molecule has 2 saturated carbocycles. The largest absolute Gasteiger partial charge is 0.507 e. The van der Waals surface area contributed by atoms with E-state index in [-0.39, 0.29) is 58.4 Å². The second-order valence-corrected chi connectivity index (χ2v) is 16.5. The average Bonchev–Trinajstić information content (AvgIpc) is 3.74. The van der Waals surface area contributed by atoms with E-state index < -0.39 is 34.3 Å². The van der Waals surface area contributed by atoms with Crippen LogP contribution in [0.4, 0.5) is 0 Å². The fourth-order valence-electron chi connectivity index (χ4n) is 10.3. The minimum atomic E-state index is -1.57. The van der Waals surface area contributed by atoms with Crippen molar-refractivity contribution in [2.24, 2.45) is 17.8 Å². The van der Waals surface area contributed by atoms with Gasteiger partial charge in [-0.25, -0.2) is 4.79 Å². The summed E-state index contributed by atoms with van der Waals surface area (Å²) in [5, 5.41) is 12.3. The number of methoxy groups -OCH3 is 1. The number of allylic oxidation sites excluding steroid dienone is 3. The molecule has 8 atom stereocenters. The minimum Gasteiger partial charge on any atom is -0.507 e. The monoisotopic (exact) mass is 658 g/mol. The number of phenols is 1. The molecule has 9 heteroatoms. The van der Waals surface area contributed by atoms with Crippen LogP contribution >= 0.6 is 0 Å². The van der Waals surface area contributed by atoms with Crippen molar-refractivity contribution in [2.45, 2.75) is 121 Å². The highest BCUT2D eigenvalue weighted by atomic mass is 16.6. The van der Waals surface area contributed by atoms with Crippen LogP contribution in [0, 0.1) is 17.8 Å². The molecule has 1 spiro atoms. The van der Waals surface area contributed by atoms with E-state index in [1.54, 1.807) is 19.1 Å². The molecular formula is C39H46O9. The molecule has 9 nitrogen and oxygen atoms in total. The van der Waals surface area contributed by atoms with Gasteiger partial charge >= 0.3 is 5.97 Å². The summed E-state index contributed by atoms with van der Waals surface area (Å²) in [6.45, 7) is 14.5. The van der Waals surface area contributed by atoms with Crippen LogP contribution in [0.2, 0.25) is 0 Å². The van der Waals surface area contributed by atoms with Gasteiger partial charge in [0.2, 0.25) is 0 Å². The van der Waals surface area contributed by atoms with Crippen LogP contribution in [0.1, 0.15) is 108 Å². The standard InChI is InChI=1S/C39H46O9/c1-19(2)9-10-22-31-27(23-17-36(6,46-31)13-12-24(23)37(7)18-45-37)30(41)28-29(40)25-15-21-16-26-35(4,5)48-38(33(21)42,39(25,26)47-32(22)28)14-11-20(3)34(43)44-8/h9,11,15,21,23-24,26,41H,10,12-14,16-18H2,1-8H3/b20-11-/t21-,23?,24?,26-,36-,37?,38+,39-/m1/s1. The third-order valence-electron chi connectivity index (χ3n) is 12.7. The van der Waals surface area contributed by atoms with Crippen molar-refractivity contribution in [3.63, 3.8) is 0 Å². The van der Waals surface area contributed by atoms with E-state index in [0.717, 1.165) is 24.8 Å². The number of aromatic hydroxyl groups is 1. The SMILES string of the molecule is COC(=O)/C(C)=C\C[C@@]12OC(C)(C)[C@H]3C[C@@H](C=C4C(=O)c5c(O)c6c(c(CC=C(C)C)c5O[C@]431)O[C@]1(C)CCC(C3(C)CO3)C6C1)C2=O. The smallest absolute Gasteiger partial charge is 0.333 e. The van der Waals surface area contributed by atoms with Crippen LogP contribution in [-0.4, -0.2) is 64.4 Å². The van der Waals surface area contributed by atoms with Gasteiger partial charge in [0.25, 0.3) is 0 Å². The van der Waals surface area contributed by atoms with Gasteiger partial charge in [-0.2, -0.15) is 0 Å². The highest BCUT2D eigenvalue weighted by Crippen LogP contribution is 2.70. The van der Waals surface area contributed by atoms with Crippen LogP contribution in [-0.2, 0) is 30.2 Å². The second-order valence-electron chi connectivity index (χ2n) is 16.5. The number of esters is 1. The fraction of sp³-hybridized carbons (Fsp3) is 0.615. The molecule has 6 bridgehead atoms. The van der Waals surface area contributed by atoms with Crippen molar-refractivity contribution in [3.05, 3.63) is 51.6 Å². The van der Waals surface area contributed by atoms with Crippen LogP contribution < -0.4 is 9.47 Å². The zero-order valence-electron chi connectivity index (χ0n) is 29.2. The summed E-state index contributed by atoms with van der Waals surface area (Å²) in [5.74, 6) is -1.07. The van der Waals surface area contributed by atoms with Crippen molar-refractivity contribution in [2.75, 3.05) is 13.7 Å². The molecular weight excluding hydrogens is 612 g/mol. The van der Waals surface area contributed by atoms with E-state index in [1.807, 2.05) is 27.7 Å². The summed E-state index contributed by atoms with van der Waals surface area (Å²) >= 11 is 0. The van der Waals surface area contributed by atoms with Crippen LogP contribution in [0.3, 0.4) is 0 Å². The number of carbonyl (C=O) groups is 3. The zero-order valence-corrected chi connectivity index (χ0v) is 29.2. The third kappa shape index (κ3) is 3.94. The number of hydrogen-bond acceptors (Lipinski definition) is 9. The molecule has 9 rings (SSSR count). The number of fused-ring (bicyclic) bond motifs is 5. The minimum absolute atomic E-state index is 0.0281. The average molecular weight is 659 g/mol. The number of benzene rings is 1. The summed E-state index contributed by atoms with van der Waals surface area (Å²) in [6, 6.07) is 0. The van der Waals surface area contributed by atoms with Crippen LogP contribution in [0.25, 0.3) is 0 Å². The van der Waals surface area contributed by atoms with Gasteiger partial charge in [0.05, 0.1) is 24.9 Å². The zero-order chi connectivity index (χ0) is 34.3. The summed E-state index contributed by atoms with van der Waals surface area (Å²) in [7, 11) is 1.31. The van der Waals surface area contributed by atoms with Crippen LogP contribution in [0.5, 0.6) is 17.2 Å². The predicted molar refractivity (Wildman–Crippen MR) is 175 cm³/mol.